The Labute approximate surface area is 118 Å². The maximum Gasteiger partial charge on any atom is 0.0479 e. The molecule has 1 aromatic heterocycles. The average Bonchev–Trinajstić information content (AvgIpc) is 2.78. The highest BCUT2D eigenvalue weighted by Crippen LogP contribution is 2.34. The number of nitrogens with one attached hydrogen (secondary N) is 2. The molecule has 3 rings (SSSR count). The maximum atomic E-state index is 9.23. The lowest BCUT2D eigenvalue weighted by Gasteiger charge is -2.26. The van der Waals surface area contributed by atoms with E-state index < -0.39 is 0 Å². The van der Waals surface area contributed by atoms with Gasteiger partial charge in [0.2, 0.25) is 0 Å². The molecule has 4 heteroatoms. The van der Waals surface area contributed by atoms with Crippen molar-refractivity contribution >= 4 is 22.5 Å². The average molecular weight is 279 g/mol. The van der Waals surface area contributed by atoms with Crippen LogP contribution in [0.5, 0.6) is 0 Å². The van der Waals surface area contributed by atoms with Crippen molar-refractivity contribution in [2.75, 3.05) is 13.2 Å². The largest absolute Gasteiger partial charge is 0.396 e. The van der Waals surface area contributed by atoms with Gasteiger partial charge in [0.1, 0.15) is 0 Å². The minimum absolute atomic E-state index is 0.236. The smallest absolute Gasteiger partial charge is 0.0479 e. The first-order valence-electron chi connectivity index (χ1n) is 6.83. The number of H-pyrrole nitrogens is 1. The normalized spacial score (nSPS) is 20.5. The zero-order valence-electron chi connectivity index (χ0n) is 11.0. The van der Waals surface area contributed by atoms with Gasteiger partial charge in [-0.3, -0.25) is 0 Å². The Morgan fingerprint density at radius 3 is 3.11 bits per heavy atom. The van der Waals surface area contributed by atoms with Crippen LogP contribution in [0, 0.1) is 5.92 Å². The van der Waals surface area contributed by atoms with E-state index in [2.05, 4.69) is 17.2 Å². The first-order valence-corrected chi connectivity index (χ1v) is 7.21. The van der Waals surface area contributed by atoms with Gasteiger partial charge in [-0.2, -0.15) is 0 Å². The molecule has 0 radical (unpaired) electrons. The van der Waals surface area contributed by atoms with Crippen molar-refractivity contribution in [1.82, 2.24) is 10.3 Å². The van der Waals surface area contributed by atoms with E-state index in [9.17, 15) is 5.11 Å². The van der Waals surface area contributed by atoms with Gasteiger partial charge in [0.15, 0.2) is 0 Å². The number of hydrogen-bond acceptors (Lipinski definition) is 2. The number of rotatable bonds is 3. The second-order valence-electron chi connectivity index (χ2n) is 5.49. The molecule has 1 aliphatic rings. The summed E-state index contributed by atoms with van der Waals surface area (Å²) in [6, 6.07) is 6.31. The van der Waals surface area contributed by atoms with Gasteiger partial charge in [0, 0.05) is 34.3 Å². The molecule has 0 spiro atoms. The van der Waals surface area contributed by atoms with E-state index in [0.29, 0.717) is 12.0 Å². The molecule has 0 bridgehead atoms. The van der Waals surface area contributed by atoms with Gasteiger partial charge in [-0.1, -0.05) is 18.5 Å². The molecule has 102 valence electrons. The summed E-state index contributed by atoms with van der Waals surface area (Å²) in [5, 5.41) is 14.8. The highest BCUT2D eigenvalue weighted by atomic mass is 35.5. The highest BCUT2D eigenvalue weighted by molar-refractivity contribution is 6.31. The van der Waals surface area contributed by atoms with Gasteiger partial charge in [-0.15, -0.1) is 0 Å². The van der Waals surface area contributed by atoms with Crippen LogP contribution in [-0.2, 0) is 6.42 Å². The second kappa shape index (κ2) is 5.16. The Morgan fingerprint density at radius 2 is 2.32 bits per heavy atom. The van der Waals surface area contributed by atoms with E-state index in [1.165, 1.54) is 16.6 Å². The predicted octanol–water partition coefficient (Wildman–Crippen LogP) is 3.03. The van der Waals surface area contributed by atoms with Crippen LogP contribution >= 0.6 is 11.6 Å². The van der Waals surface area contributed by atoms with Crippen LogP contribution in [0.25, 0.3) is 10.9 Å². The van der Waals surface area contributed by atoms with Gasteiger partial charge < -0.3 is 15.4 Å². The Kier molecular flexibility index (Phi) is 3.52. The maximum absolute atomic E-state index is 9.23. The summed E-state index contributed by atoms with van der Waals surface area (Å²) < 4.78 is 0. The van der Waals surface area contributed by atoms with E-state index in [1.807, 2.05) is 18.2 Å². The molecule has 0 fully saturated rings. The van der Waals surface area contributed by atoms with Crippen molar-refractivity contribution in [3.63, 3.8) is 0 Å². The monoisotopic (exact) mass is 278 g/mol. The number of fused-ring (bicyclic) bond motifs is 3. The lowest BCUT2D eigenvalue weighted by atomic mass is 9.93. The molecule has 1 aromatic carbocycles. The molecule has 2 aromatic rings. The topological polar surface area (TPSA) is 48.0 Å². The Bertz CT molecular complexity index is 593. The van der Waals surface area contributed by atoms with Gasteiger partial charge in [-0.25, -0.2) is 0 Å². The molecule has 3 nitrogen and oxygen atoms in total. The third kappa shape index (κ3) is 2.38. The minimum Gasteiger partial charge on any atom is -0.396 e. The fourth-order valence-corrected chi connectivity index (χ4v) is 3.13. The standard InChI is InChI=1S/C15H19ClN2O/c1-9(8-19)6-14-15-11(4-5-17-14)12-7-10(16)2-3-13(12)18-15/h2-3,7,9,14,17-19H,4-6,8H2,1H3/t9?,14-/m0/s1. The molecule has 19 heavy (non-hydrogen) atoms. The van der Waals surface area contributed by atoms with Crippen molar-refractivity contribution in [1.29, 1.82) is 0 Å². The Morgan fingerprint density at radius 1 is 1.47 bits per heavy atom. The van der Waals surface area contributed by atoms with Crippen LogP contribution in [-0.4, -0.2) is 23.2 Å². The van der Waals surface area contributed by atoms with Crippen molar-refractivity contribution < 1.29 is 5.11 Å². The van der Waals surface area contributed by atoms with Gasteiger partial charge in [0.05, 0.1) is 0 Å². The molecule has 0 saturated carbocycles. The first kappa shape index (κ1) is 13.0. The van der Waals surface area contributed by atoms with Gasteiger partial charge >= 0.3 is 0 Å². The van der Waals surface area contributed by atoms with Crippen LogP contribution in [0.2, 0.25) is 5.02 Å². The number of aromatic nitrogens is 1. The van der Waals surface area contributed by atoms with Gasteiger partial charge in [0.25, 0.3) is 0 Å². The van der Waals surface area contributed by atoms with E-state index in [1.54, 1.807) is 0 Å². The zero-order valence-corrected chi connectivity index (χ0v) is 11.8. The van der Waals surface area contributed by atoms with Crippen molar-refractivity contribution in [3.8, 4) is 0 Å². The molecule has 3 N–H and O–H groups in total. The van der Waals surface area contributed by atoms with Crippen molar-refractivity contribution in [2.45, 2.75) is 25.8 Å². The van der Waals surface area contributed by atoms with Crippen molar-refractivity contribution in [2.24, 2.45) is 5.92 Å². The summed E-state index contributed by atoms with van der Waals surface area (Å²) in [6.45, 7) is 3.30. The number of aromatic amines is 1. The molecular weight excluding hydrogens is 260 g/mol. The van der Waals surface area contributed by atoms with Crippen LogP contribution in [0.3, 0.4) is 0 Å². The van der Waals surface area contributed by atoms with Gasteiger partial charge in [-0.05, 0) is 49.1 Å². The van der Waals surface area contributed by atoms with Crippen LogP contribution in [0.4, 0.5) is 0 Å². The molecule has 1 aliphatic heterocycles. The minimum atomic E-state index is 0.236. The van der Waals surface area contributed by atoms with Crippen LogP contribution in [0.15, 0.2) is 18.2 Å². The predicted molar refractivity (Wildman–Crippen MR) is 78.6 cm³/mol. The van der Waals surface area contributed by atoms with E-state index >= 15 is 0 Å². The third-order valence-electron chi connectivity index (χ3n) is 3.97. The summed E-state index contributed by atoms with van der Waals surface area (Å²) in [5.41, 5.74) is 3.80. The SMILES string of the molecule is CC(CO)C[C@@H]1NCCc2c1[nH]c1ccc(Cl)cc21. The molecule has 2 atom stereocenters. The fraction of sp³-hybridized carbons (Fsp3) is 0.467. The lowest BCUT2D eigenvalue weighted by Crippen LogP contribution is -2.31. The molecule has 0 saturated heterocycles. The van der Waals surface area contributed by atoms with E-state index in [0.717, 1.165) is 29.9 Å². The number of hydrogen-bond donors (Lipinski definition) is 3. The van der Waals surface area contributed by atoms with E-state index in [4.69, 9.17) is 11.6 Å². The zero-order chi connectivity index (χ0) is 13.4. The second-order valence-corrected chi connectivity index (χ2v) is 5.92. The molecule has 0 aliphatic carbocycles. The summed E-state index contributed by atoms with van der Waals surface area (Å²) in [6.07, 6.45) is 1.98. The lowest BCUT2D eigenvalue weighted by molar-refractivity contribution is 0.216. The number of benzene rings is 1. The van der Waals surface area contributed by atoms with Crippen LogP contribution in [0.1, 0.15) is 30.6 Å². The van der Waals surface area contributed by atoms with Crippen molar-refractivity contribution in [3.05, 3.63) is 34.5 Å². The summed E-state index contributed by atoms with van der Waals surface area (Å²) in [7, 11) is 0. The fourth-order valence-electron chi connectivity index (χ4n) is 2.96. The highest BCUT2D eigenvalue weighted by Gasteiger charge is 2.25. The molecule has 2 heterocycles. The molecular formula is C15H19ClN2O. The summed E-state index contributed by atoms with van der Waals surface area (Å²) in [4.78, 5) is 3.52. The number of halogens is 1. The first-order chi connectivity index (χ1) is 9.19. The number of aliphatic hydroxyl groups excluding tert-OH is 1. The molecule has 1 unspecified atom stereocenters. The summed E-state index contributed by atoms with van der Waals surface area (Å²) >= 11 is 6.10. The number of aliphatic hydroxyl groups is 1. The van der Waals surface area contributed by atoms with E-state index in [-0.39, 0.29) is 6.61 Å². The Hall–Kier alpha value is -1.03. The third-order valence-corrected chi connectivity index (χ3v) is 4.20. The molecule has 0 amide bonds. The van der Waals surface area contributed by atoms with Crippen LogP contribution < -0.4 is 5.32 Å². The quantitative estimate of drug-likeness (QED) is 0.808. The Balaban J connectivity index is 2.02. The summed E-state index contributed by atoms with van der Waals surface area (Å²) in [5.74, 6) is 0.304.